The van der Waals surface area contributed by atoms with Crippen molar-refractivity contribution in [1.82, 2.24) is 16.0 Å². The number of hydrogen-bond acceptors (Lipinski definition) is 12. The van der Waals surface area contributed by atoms with Crippen molar-refractivity contribution in [3.63, 3.8) is 0 Å². The van der Waals surface area contributed by atoms with E-state index in [0.29, 0.717) is 31.3 Å². The second-order valence-corrected chi connectivity index (χ2v) is 9.80. The molecule has 4 N–H and O–H groups in total. The Morgan fingerprint density at radius 2 is 1.20 bits per heavy atom. The predicted molar refractivity (Wildman–Crippen MR) is 153 cm³/mol. The van der Waals surface area contributed by atoms with Gasteiger partial charge in [0.1, 0.15) is 13.6 Å². The highest BCUT2D eigenvalue weighted by atomic mass is 16.8. The zero-order chi connectivity index (χ0) is 32.4. The molecule has 0 spiro atoms. The van der Waals surface area contributed by atoms with Crippen LogP contribution in [0.1, 0.15) is 52.4 Å². The van der Waals surface area contributed by atoms with Crippen LogP contribution in [-0.4, -0.2) is 110 Å². The van der Waals surface area contributed by atoms with Crippen molar-refractivity contribution in [2.45, 2.75) is 52.4 Å². The van der Waals surface area contributed by atoms with E-state index in [9.17, 15) is 24.3 Å². The second-order valence-electron chi connectivity index (χ2n) is 9.80. The van der Waals surface area contributed by atoms with Gasteiger partial charge < -0.3 is 59.0 Å². The van der Waals surface area contributed by atoms with E-state index in [1.54, 1.807) is 6.92 Å². The van der Waals surface area contributed by atoms with Crippen LogP contribution >= 0.6 is 0 Å². The van der Waals surface area contributed by atoms with Gasteiger partial charge in [-0.15, -0.1) is 0 Å². The van der Waals surface area contributed by atoms with Crippen molar-refractivity contribution in [2.24, 2.45) is 11.8 Å². The molecule has 0 heterocycles. The van der Waals surface area contributed by atoms with Crippen LogP contribution in [0, 0.1) is 11.8 Å². The predicted octanol–water partition coefficient (Wildman–Crippen LogP) is 0.808. The Kier molecular flexibility index (Phi) is 22.9. The molecule has 0 aliphatic heterocycles. The number of carbonyl (C=O) groups is 4. The lowest BCUT2D eigenvalue weighted by molar-refractivity contribution is -0.220. The average molecular weight is 636 g/mol. The minimum Gasteiger partial charge on any atom is -0.478 e. The summed E-state index contributed by atoms with van der Waals surface area (Å²) in [4.78, 5) is 48.8. The van der Waals surface area contributed by atoms with Crippen molar-refractivity contribution >= 4 is 23.7 Å². The fraction of sp³-hybridized carbons (Fsp3) is 0.786. The van der Waals surface area contributed by atoms with Crippen LogP contribution in [0.15, 0.2) is 11.1 Å². The maximum absolute atomic E-state index is 12.6. The Balaban J connectivity index is 2.08. The lowest BCUT2D eigenvalue weighted by Gasteiger charge is -2.20. The molecular weight excluding hydrogens is 586 g/mol. The average Bonchev–Trinajstić information content (AvgIpc) is 3.02. The van der Waals surface area contributed by atoms with Gasteiger partial charge in [-0.05, 0) is 38.5 Å². The third kappa shape index (κ3) is 18.2. The third-order valence-corrected chi connectivity index (χ3v) is 6.41. The van der Waals surface area contributed by atoms with E-state index < -0.39 is 17.8 Å². The van der Waals surface area contributed by atoms with Crippen molar-refractivity contribution in [1.29, 1.82) is 0 Å². The van der Waals surface area contributed by atoms with Crippen molar-refractivity contribution in [2.75, 3.05) is 80.9 Å². The smallest absolute Gasteiger partial charge is 0.332 e. The number of nitrogens with one attached hydrogen (secondary N) is 3. The summed E-state index contributed by atoms with van der Waals surface area (Å²) in [6, 6.07) is 0. The molecule has 254 valence electrons. The Morgan fingerprint density at radius 1 is 0.705 bits per heavy atom. The van der Waals surface area contributed by atoms with Crippen LogP contribution in [0.4, 0.5) is 0 Å². The van der Waals surface area contributed by atoms with Gasteiger partial charge in [0.05, 0.1) is 6.61 Å². The molecule has 0 saturated heterocycles. The highest BCUT2D eigenvalue weighted by Crippen LogP contribution is 2.25. The highest BCUT2D eigenvalue weighted by molar-refractivity contribution is 6.02. The molecule has 1 aliphatic rings. The van der Waals surface area contributed by atoms with Gasteiger partial charge >= 0.3 is 5.97 Å². The number of carboxylic acid groups (broad SMARTS) is 1. The summed E-state index contributed by atoms with van der Waals surface area (Å²) in [5.74, 6) is -2.65. The maximum Gasteiger partial charge on any atom is 0.332 e. The molecule has 0 bridgehead atoms. The molecule has 2 unspecified atom stereocenters. The lowest BCUT2D eigenvalue weighted by Crippen LogP contribution is -2.39. The molecule has 0 aromatic rings. The van der Waals surface area contributed by atoms with E-state index >= 15 is 0 Å². The van der Waals surface area contributed by atoms with Gasteiger partial charge in [0.15, 0.2) is 34.0 Å². The van der Waals surface area contributed by atoms with E-state index in [2.05, 4.69) is 20.7 Å². The molecule has 1 rings (SSSR count). The first-order chi connectivity index (χ1) is 21.3. The molecule has 2 atom stereocenters. The number of rotatable bonds is 27. The Morgan fingerprint density at radius 3 is 1.75 bits per heavy atom. The SMILES string of the molecule is CCC(CC(C)C(=O)NCCNC(=O)C1=C(C(=O)O)CCCC1)C(=O)NCCOCOCOCOCOCOCOCOC. The van der Waals surface area contributed by atoms with Crippen LogP contribution in [0.25, 0.3) is 0 Å². The van der Waals surface area contributed by atoms with Gasteiger partial charge in [-0.3, -0.25) is 14.4 Å². The fourth-order valence-electron chi connectivity index (χ4n) is 4.12. The molecule has 1 aliphatic carbocycles. The molecule has 0 radical (unpaired) electrons. The van der Waals surface area contributed by atoms with Crippen LogP contribution in [0.3, 0.4) is 0 Å². The van der Waals surface area contributed by atoms with Gasteiger partial charge in [0, 0.05) is 49.7 Å². The monoisotopic (exact) mass is 635 g/mol. The first kappa shape index (κ1) is 39.3. The van der Waals surface area contributed by atoms with E-state index in [0.717, 1.165) is 12.8 Å². The standard InChI is InChI=1S/C28H49N3O13/c1-4-22(13-21(2)25(32)29-9-10-30-27(34)23-7-5-6-8-24(23)28(35)36)26(33)31-11-12-38-15-40-17-42-19-44-20-43-18-41-16-39-14-37-3/h21-22H,4-20H2,1-3H3,(H,29,32)(H,30,34)(H,31,33)(H,35,36). The summed E-state index contributed by atoms with van der Waals surface area (Å²) in [6.07, 6.45) is 3.27. The van der Waals surface area contributed by atoms with Crippen LogP contribution < -0.4 is 16.0 Å². The first-order valence-corrected chi connectivity index (χ1v) is 14.6. The van der Waals surface area contributed by atoms with Crippen molar-refractivity contribution in [3.05, 3.63) is 11.1 Å². The minimum absolute atomic E-state index is 0.000703. The molecule has 16 nitrogen and oxygen atoms in total. The number of methoxy groups -OCH3 is 1. The molecular formula is C28H49N3O13. The lowest BCUT2D eigenvalue weighted by atomic mass is 9.91. The molecule has 0 aromatic carbocycles. The van der Waals surface area contributed by atoms with Crippen LogP contribution in [0.2, 0.25) is 0 Å². The zero-order valence-electron chi connectivity index (χ0n) is 26.0. The summed E-state index contributed by atoms with van der Waals surface area (Å²) in [5, 5.41) is 17.5. The number of amides is 3. The zero-order valence-corrected chi connectivity index (χ0v) is 26.0. The fourth-order valence-corrected chi connectivity index (χ4v) is 4.12. The van der Waals surface area contributed by atoms with Crippen molar-refractivity contribution in [3.8, 4) is 0 Å². The number of carbonyl (C=O) groups excluding carboxylic acids is 3. The number of aliphatic carboxylic acids is 1. The Labute approximate surface area is 258 Å². The Hall–Kier alpha value is -2.70. The van der Waals surface area contributed by atoms with E-state index in [-0.39, 0.29) is 97.1 Å². The van der Waals surface area contributed by atoms with Crippen molar-refractivity contribution < 1.29 is 62.2 Å². The molecule has 3 amide bonds. The molecule has 0 fully saturated rings. The number of ether oxygens (including phenoxy) is 8. The summed E-state index contributed by atoms with van der Waals surface area (Å²) in [7, 11) is 1.51. The maximum atomic E-state index is 12.6. The van der Waals surface area contributed by atoms with E-state index in [4.69, 9.17) is 33.2 Å². The van der Waals surface area contributed by atoms with Crippen LogP contribution in [-0.2, 0) is 57.1 Å². The summed E-state index contributed by atoms with van der Waals surface area (Å²) in [5.41, 5.74) is 0.474. The van der Waals surface area contributed by atoms with Gasteiger partial charge in [0.2, 0.25) is 17.7 Å². The molecule has 44 heavy (non-hydrogen) atoms. The first-order valence-electron chi connectivity index (χ1n) is 14.6. The van der Waals surface area contributed by atoms with Gasteiger partial charge in [-0.2, -0.15) is 0 Å². The number of hydrogen-bond donors (Lipinski definition) is 4. The Bertz CT molecular complexity index is 872. The van der Waals surface area contributed by atoms with E-state index in [1.165, 1.54) is 7.11 Å². The normalized spacial score (nSPS) is 14.6. The van der Waals surface area contributed by atoms with Gasteiger partial charge in [0.25, 0.3) is 0 Å². The minimum atomic E-state index is -1.06. The summed E-state index contributed by atoms with van der Waals surface area (Å²) in [6.45, 7) is 4.51. The topological polar surface area (TPSA) is 198 Å². The summed E-state index contributed by atoms with van der Waals surface area (Å²) >= 11 is 0. The highest BCUT2D eigenvalue weighted by Gasteiger charge is 2.24. The molecule has 0 aromatic heterocycles. The second kappa shape index (κ2) is 25.6. The quantitative estimate of drug-likeness (QED) is 0.0731. The third-order valence-electron chi connectivity index (χ3n) is 6.41. The van der Waals surface area contributed by atoms with Crippen LogP contribution in [0.5, 0.6) is 0 Å². The largest absolute Gasteiger partial charge is 0.478 e. The molecule has 0 saturated carbocycles. The molecule has 16 heteroatoms. The summed E-state index contributed by atoms with van der Waals surface area (Å²) < 4.78 is 40.2. The van der Waals surface area contributed by atoms with Gasteiger partial charge in [-0.1, -0.05) is 13.8 Å². The number of carboxylic acids is 1. The van der Waals surface area contributed by atoms with Gasteiger partial charge in [-0.25, -0.2) is 4.79 Å². The van der Waals surface area contributed by atoms with E-state index in [1.807, 2.05) is 6.92 Å².